The van der Waals surface area contributed by atoms with E-state index in [4.69, 9.17) is 4.74 Å². The Morgan fingerprint density at radius 1 is 1.33 bits per heavy atom. The molecule has 0 aromatic carbocycles. The van der Waals surface area contributed by atoms with Gasteiger partial charge in [0.15, 0.2) is 0 Å². The first-order valence-electron chi connectivity index (χ1n) is 8.72. The number of amides is 1. The first-order valence-corrected chi connectivity index (χ1v) is 8.72. The maximum Gasteiger partial charge on any atom is 0.258 e. The number of hydrogen-bond donors (Lipinski definition) is 3. The van der Waals surface area contributed by atoms with Gasteiger partial charge >= 0.3 is 0 Å². The average molecular weight is 331 g/mol. The highest BCUT2D eigenvalue weighted by atomic mass is 16.5. The predicted molar refractivity (Wildman–Crippen MR) is 93.4 cm³/mol. The van der Waals surface area contributed by atoms with E-state index in [1.54, 1.807) is 12.4 Å². The van der Waals surface area contributed by atoms with Gasteiger partial charge in [-0.15, -0.1) is 0 Å². The van der Waals surface area contributed by atoms with Crippen LogP contribution in [0.3, 0.4) is 0 Å². The Hall–Kier alpha value is -2.08. The molecule has 0 radical (unpaired) electrons. The van der Waals surface area contributed by atoms with Gasteiger partial charge in [0.1, 0.15) is 0 Å². The Morgan fingerprint density at radius 3 is 2.96 bits per heavy atom. The zero-order valence-corrected chi connectivity index (χ0v) is 14.3. The van der Waals surface area contributed by atoms with Crippen LogP contribution in [0.2, 0.25) is 0 Å². The van der Waals surface area contributed by atoms with E-state index in [1.165, 1.54) is 0 Å². The Morgan fingerprint density at radius 2 is 2.17 bits per heavy atom. The fraction of sp³-hybridized carbons (Fsp3) is 0.556. The summed E-state index contributed by atoms with van der Waals surface area (Å²) in [7, 11) is 0. The van der Waals surface area contributed by atoms with Crippen molar-refractivity contribution >= 4 is 16.8 Å². The number of unbranched alkanes of at least 4 members (excludes halogenated alkanes) is 1. The first kappa shape index (κ1) is 16.8. The lowest BCUT2D eigenvalue weighted by Crippen LogP contribution is -2.33. The summed E-state index contributed by atoms with van der Waals surface area (Å²) in [6.45, 7) is 4.83. The second kappa shape index (κ2) is 7.21. The van der Waals surface area contributed by atoms with Crippen molar-refractivity contribution in [2.24, 2.45) is 0 Å². The van der Waals surface area contributed by atoms with Crippen LogP contribution in [0, 0.1) is 6.92 Å². The van der Waals surface area contributed by atoms with Crippen molar-refractivity contribution in [3.8, 4) is 0 Å². The van der Waals surface area contributed by atoms with Crippen molar-refractivity contribution < 1.29 is 9.53 Å². The van der Waals surface area contributed by atoms with E-state index in [0.717, 1.165) is 49.8 Å². The topological polar surface area (TPSA) is 87.0 Å². The van der Waals surface area contributed by atoms with E-state index in [2.05, 4.69) is 22.2 Å². The molecule has 24 heavy (non-hydrogen) atoms. The van der Waals surface area contributed by atoms with Gasteiger partial charge < -0.3 is 20.0 Å². The molecule has 2 aromatic rings. The number of ether oxygens (including phenoxy) is 1. The maximum atomic E-state index is 12.6. The van der Waals surface area contributed by atoms with Crippen molar-refractivity contribution in [1.29, 1.82) is 0 Å². The molecule has 0 bridgehead atoms. The van der Waals surface area contributed by atoms with Crippen LogP contribution in [0.25, 0.3) is 10.9 Å². The number of fused-ring (bicyclic) bond motifs is 1. The molecule has 3 N–H and O–H groups in total. The maximum absolute atomic E-state index is 12.6. The van der Waals surface area contributed by atoms with Crippen LogP contribution in [-0.2, 0) is 4.74 Å². The van der Waals surface area contributed by atoms with Crippen molar-refractivity contribution in [3.63, 3.8) is 0 Å². The molecule has 2 heterocycles. The number of pyridine rings is 1. The zero-order chi connectivity index (χ0) is 17.1. The number of aromatic amines is 2. The molecule has 0 spiro atoms. The number of aromatic nitrogens is 2. The number of carbonyl (C=O) groups excluding carboxylic acids is 1. The molecule has 1 fully saturated rings. The average Bonchev–Trinajstić information content (AvgIpc) is 3.19. The summed E-state index contributed by atoms with van der Waals surface area (Å²) in [5.41, 5.74) is 1.80. The molecule has 0 aliphatic heterocycles. The van der Waals surface area contributed by atoms with E-state index in [9.17, 15) is 9.59 Å². The zero-order valence-electron chi connectivity index (χ0n) is 14.3. The number of rotatable bonds is 6. The minimum atomic E-state index is -0.241. The fourth-order valence-electron chi connectivity index (χ4n) is 3.35. The van der Waals surface area contributed by atoms with Crippen LogP contribution in [-0.4, -0.2) is 34.6 Å². The van der Waals surface area contributed by atoms with Crippen LogP contribution in [0.4, 0.5) is 0 Å². The van der Waals surface area contributed by atoms with Crippen LogP contribution in [0.1, 0.15) is 54.9 Å². The van der Waals surface area contributed by atoms with E-state index in [1.807, 2.05) is 6.92 Å². The standard InChI is InChI=1S/C18H25N3O3/c1-3-4-7-24-13-6-5-12(8-13)21-17(22)14-10-19-16-11(2)9-20-18(23)15(14)16/h9-10,12-13,19H,3-8H2,1-2H3,(H,20,23)(H,21,22). The third kappa shape index (κ3) is 3.38. The molecule has 0 saturated heterocycles. The molecule has 1 aliphatic carbocycles. The summed E-state index contributed by atoms with van der Waals surface area (Å²) < 4.78 is 5.84. The van der Waals surface area contributed by atoms with Gasteiger partial charge in [0.05, 0.1) is 22.6 Å². The van der Waals surface area contributed by atoms with E-state index in [0.29, 0.717) is 10.9 Å². The molecule has 1 amide bonds. The third-order valence-corrected chi connectivity index (χ3v) is 4.74. The van der Waals surface area contributed by atoms with Gasteiger partial charge in [-0.1, -0.05) is 13.3 Å². The second-order valence-corrected chi connectivity index (χ2v) is 6.58. The van der Waals surface area contributed by atoms with Crippen LogP contribution in [0.15, 0.2) is 17.2 Å². The van der Waals surface area contributed by atoms with Crippen LogP contribution in [0.5, 0.6) is 0 Å². The molecule has 1 saturated carbocycles. The number of hydrogen-bond acceptors (Lipinski definition) is 3. The van der Waals surface area contributed by atoms with Crippen LogP contribution < -0.4 is 10.9 Å². The fourth-order valence-corrected chi connectivity index (χ4v) is 3.35. The molecule has 2 unspecified atom stereocenters. The third-order valence-electron chi connectivity index (χ3n) is 4.74. The number of aryl methyl sites for hydroxylation is 1. The SMILES string of the molecule is CCCCOC1CCC(NC(=O)c2c[nH]c3c(C)c[nH]c(=O)c23)C1. The summed E-state index contributed by atoms with van der Waals surface area (Å²) in [6, 6.07) is 0.109. The quantitative estimate of drug-likeness (QED) is 0.711. The largest absolute Gasteiger partial charge is 0.378 e. The van der Waals surface area contributed by atoms with Gasteiger partial charge in [-0.3, -0.25) is 9.59 Å². The highest BCUT2D eigenvalue weighted by Gasteiger charge is 2.27. The molecule has 1 aliphatic rings. The Bertz CT molecular complexity index is 777. The molecular formula is C18H25N3O3. The summed E-state index contributed by atoms with van der Waals surface area (Å²) in [4.78, 5) is 30.4. The van der Waals surface area contributed by atoms with Gasteiger partial charge in [-0.05, 0) is 38.2 Å². The Balaban J connectivity index is 1.66. The normalized spacial score (nSPS) is 20.6. The van der Waals surface area contributed by atoms with Gasteiger partial charge in [0.2, 0.25) is 0 Å². The van der Waals surface area contributed by atoms with Gasteiger partial charge in [0.25, 0.3) is 11.5 Å². The summed E-state index contributed by atoms with van der Waals surface area (Å²) in [5, 5.41) is 3.48. The van der Waals surface area contributed by atoms with Gasteiger partial charge in [0, 0.05) is 25.0 Å². The molecule has 2 atom stereocenters. The molecule has 2 aromatic heterocycles. The molecule has 6 nitrogen and oxygen atoms in total. The van der Waals surface area contributed by atoms with E-state index in [-0.39, 0.29) is 23.6 Å². The first-order chi connectivity index (χ1) is 11.6. The number of H-pyrrole nitrogens is 2. The van der Waals surface area contributed by atoms with Gasteiger partial charge in [-0.2, -0.15) is 0 Å². The van der Waals surface area contributed by atoms with Crippen molar-refractivity contribution in [3.05, 3.63) is 33.9 Å². The molecule has 6 heteroatoms. The summed E-state index contributed by atoms with van der Waals surface area (Å²) >= 11 is 0. The Kier molecular flexibility index (Phi) is 5.04. The lowest BCUT2D eigenvalue weighted by Gasteiger charge is -2.14. The Labute approximate surface area is 141 Å². The second-order valence-electron chi connectivity index (χ2n) is 6.58. The number of carbonyl (C=O) groups is 1. The smallest absolute Gasteiger partial charge is 0.258 e. The van der Waals surface area contributed by atoms with Gasteiger partial charge in [-0.25, -0.2) is 0 Å². The number of nitrogens with one attached hydrogen (secondary N) is 3. The summed E-state index contributed by atoms with van der Waals surface area (Å²) in [5.74, 6) is -0.198. The highest BCUT2D eigenvalue weighted by Crippen LogP contribution is 2.23. The highest BCUT2D eigenvalue weighted by molar-refractivity contribution is 6.07. The lowest BCUT2D eigenvalue weighted by atomic mass is 10.1. The monoisotopic (exact) mass is 331 g/mol. The molecule has 3 rings (SSSR count). The summed E-state index contributed by atoms with van der Waals surface area (Å²) in [6.07, 6.45) is 8.43. The van der Waals surface area contributed by atoms with Crippen molar-refractivity contribution in [2.45, 2.75) is 58.1 Å². The molecular weight excluding hydrogens is 306 g/mol. The molecule has 130 valence electrons. The van der Waals surface area contributed by atoms with E-state index < -0.39 is 0 Å². The van der Waals surface area contributed by atoms with Crippen LogP contribution >= 0.6 is 0 Å². The van der Waals surface area contributed by atoms with Crippen molar-refractivity contribution in [2.75, 3.05) is 6.61 Å². The minimum absolute atomic E-state index is 0.109. The van der Waals surface area contributed by atoms with E-state index >= 15 is 0 Å². The lowest BCUT2D eigenvalue weighted by molar-refractivity contribution is 0.0546. The predicted octanol–water partition coefficient (Wildman–Crippen LogP) is 2.63. The van der Waals surface area contributed by atoms with Crippen molar-refractivity contribution in [1.82, 2.24) is 15.3 Å². The minimum Gasteiger partial charge on any atom is -0.378 e.